The summed E-state index contributed by atoms with van der Waals surface area (Å²) in [6, 6.07) is 1.47. The summed E-state index contributed by atoms with van der Waals surface area (Å²) in [7, 11) is 0. The molecule has 0 bridgehead atoms. The molecule has 0 spiro atoms. The van der Waals surface area contributed by atoms with Gasteiger partial charge in [0.1, 0.15) is 5.60 Å². The van der Waals surface area contributed by atoms with Gasteiger partial charge in [-0.1, -0.05) is 0 Å². The molecule has 8 nitrogen and oxygen atoms in total. The Morgan fingerprint density at radius 2 is 2.09 bits per heavy atom. The molecule has 1 heterocycles. The summed E-state index contributed by atoms with van der Waals surface area (Å²) in [5.41, 5.74) is 0.137. The Labute approximate surface area is 129 Å². The minimum absolute atomic E-state index is 0.0555. The number of aryl methyl sites for hydroxylation is 1. The number of anilines is 1. The Morgan fingerprint density at radius 1 is 1.41 bits per heavy atom. The number of alkyl carbamates (subject to hydrolysis) is 1. The highest BCUT2D eigenvalue weighted by atomic mass is 16.6. The van der Waals surface area contributed by atoms with E-state index < -0.39 is 16.6 Å². The van der Waals surface area contributed by atoms with Crippen molar-refractivity contribution in [1.82, 2.24) is 10.3 Å². The van der Waals surface area contributed by atoms with Gasteiger partial charge in [0.15, 0.2) is 0 Å². The summed E-state index contributed by atoms with van der Waals surface area (Å²) < 4.78 is 5.09. The number of carbonyl (C=O) groups is 1. The van der Waals surface area contributed by atoms with E-state index in [1.807, 2.05) is 0 Å². The summed E-state index contributed by atoms with van der Waals surface area (Å²) >= 11 is 0. The SMILES string of the molecule is Cc1cnc(NCCCNC(=O)OC(C)(C)C)c([N+](=O)[O-])c1. The van der Waals surface area contributed by atoms with Crippen LogP contribution in [0.2, 0.25) is 0 Å². The number of carbonyl (C=O) groups excluding carboxylic acids is 1. The van der Waals surface area contributed by atoms with Crippen LogP contribution in [0.1, 0.15) is 32.8 Å². The molecule has 0 unspecified atom stereocenters. The van der Waals surface area contributed by atoms with Crippen LogP contribution >= 0.6 is 0 Å². The van der Waals surface area contributed by atoms with E-state index in [1.54, 1.807) is 33.9 Å². The zero-order chi connectivity index (χ0) is 16.8. The minimum atomic E-state index is -0.533. The van der Waals surface area contributed by atoms with E-state index in [4.69, 9.17) is 4.74 Å². The van der Waals surface area contributed by atoms with Gasteiger partial charge in [-0.2, -0.15) is 0 Å². The molecule has 0 aliphatic rings. The highest BCUT2D eigenvalue weighted by molar-refractivity contribution is 5.67. The van der Waals surface area contributed by atoms with Crippen molar-refractivity contribution >= 4 is 17.6 Å². The molecule has 0 aliphatic heterocycles. The van der Waals surface area contributed by atoms with Crippen LogP contribution in [0.5, 0.6) is 0 Å². The van der Waals surface area contributed by atoms with Crippen LogP contribution in [0.25, 0.3) is 0 Å². The molecule has 1 amide bonds. The van der Waals surface area contributed by atoms with Gasteiger partial charge in [-0.25, -0.2) is 9.78 Å². The topological polar surface area (TPSA) is 106 Å². The number of hydrogen-bond donors (Lipinski definition) is 2. The lowest BCUT2D eigenvalue weighted by Gasteiger charge is -2.19. The fourth-order valence-electron chi connectivity index (χ4n) is 1.63. The number of nitrogens with one attached hydrogen (secondary N) is 2. The van der Waals surface area contributed by atoms with E-state index in [1.165, 1.54) is 6.07 Å². The Morgan fingerprint density at radius 3 is 2.68 bits per heavy atom. The van der Waals surface area contributed by atoms with E-state index in [9.17, 15) is 14.9 Å². The molecule has 0 aliphatic carbocycles. The second-order valence-electron chi connectivity index (χ2n) is 5.85. The Balaban J connectivity index is 2.37. The van der Waals surface area contributed by atoms with Crippen LogP contribution in [-0.2, 0) is 4.74 Å². The lowest BCUT2D eigenvalue weighted by atomic mass is 10.2. The van der Waals surface area contributed by atoms with Crippen LogP contribution < -0.4 is 10.6 Å². The average Bonchev–Trinajstić information content (AvgIpc) is 2.37. The maximum atomic E-state index is 11.4. The monoisotopic (exact) mass is 310 g/mol. The zero-order valence-corrected chi connectivity index (χ0v) is 13.3. The molecule has 0 saturated carbocycles. The van der Waals surface area contributed by atoms with Crippen molar-refractivity contribution in [3.63, 3.8) is 0 Å². The largest absolute Gasteiger partial charge is 0.444 e. The van der Waals surface area contributed by atoms with Crippen molar-refractivity contribution in [2.45, 2.75) is 39.7 Å². The van der Waals surface area contributed by atoms with E-state index in [2.05, 4.69) is 15.6 Å². The molecule has 1 aromatic heterocycles. The summed E-state index contributed by atoms with van der Waals surface area (Å²) in [5, 5.41) is 16.5. The quantitative estimate of drug-likeness (QED) is 0.475. The van der Waals surface area contributed by atoms with Gasteiger partial charge in [-0.15, -0.1) is 0 Å². The third kappa shape index (κ3) is 6.38. The van der Waals surface area contributed by atoms with Crippen molar-refractivity contribution in [3.05, 3.63) is 27.9 Å². The van der Waals surface area contributed by atoms with Crippen LogP contribution in [-0.4, -0.2) is 34.7 Å². The first-order chi connectivity index (χ1) is 10.2. The van der Waals surface area contributed by atoms with E-state index in [-0.39, 0.29) is 11.5 Å². The average molecular weight is 310 g/mol. The number of pyridine rings is 1. The first-order valence-electron chi connectivity index (χ1n) is 7.01. The molecule has 0 radical (unpaired) electrons. The number of hydrogen-bond acceptors (Lipinski definition) is 6. The second kappa shape index (κ2) is 7.58. The zero-order valence-electron chi connectivity index (χ0n) is 13.3. The van der Waals surface area contributed by atoms with Crippen LogP contribution in [0.15, 0.2) is 12.3 Å². The molecule has 0 saturated heterocycles. The molecular weight excluding hydrogens is 288 g/mol. The number of aromatic nitrogens is 1. The number of amides is 1. The molecule has 0 aromatic carbocycles. The van der Waals surface area contributed by atoms with Gasteiger partial charge in [0.05, 0.1) is 4.92 Å². The smallest absolute Gasteiger partial charge is 0.407 e. The molecule has 2 N–H and O–H groups in total. The summed E-state index contributed by atoms with van der Waals surface area (Å²) in [6.07, 6.45) is 1.67. The van der Waals surface area contributed by atoms with Gasteiger partial charge in [0.2, 0.25) is 5.82 Å². The highest BCUT2D eigenvalue weighted by Crippen LogP contribution is 2.22. The minimum Gasteiger partial charge on any atom is -0.444 e. The van der Waals surface area contributed by atoms with Gasteiger partial charge in [-0.3, -0.25) is 10.1 Å². The van der Waals surface area contributed by atoms with Crippen molar-refractivity contribution in [2.75, 3.05) is 18.4 Å². The third-order valence-electron chi connectivity index (χ3n) is 2.52. The molecule has 0 fully saturated rings. The molecule has 0 atom stereocenters. The Bertz CT molecular complexity index is 540. The van der Waals surface area contributed by atoms with E-state index in [0.717, 1.165) is 5.56 Å². The predicted molar refractivity (Wildman–Crippen MR) is 83.0 cm³/mol. The van der Waals surface area contributed by atoms with E-state index >= 15 is 0 Å². The third-order valence-corrected chi connectivity index (χ3v) is 2.52. The van der Waals surface area contributed by atoms with Gasteiger partial charge < -0.3 is 15.4 Å². The Kier molecular flexibility index (Phi) is 6.09. The fraction of sp³-hybridized carbons (Fsp3) is 0.571. The van der Waals surface area contributed by atoms with Crippen LogP contribution in [0.3, 0.4) is 0 Å². The molecule has 1 rings (SSSR count). The van der Waals surface area contributed by atoms with E-state index in [0.29, 0.717) is 19.5 Å². The molecule has 8 heteroatoms. The van der Waals surface area contributed by atoms with Crippen LogP contribution in [0.4, 0.5) is 16.3 Å². The summed E-state index contributed by atoms with van der Waals surface area (Å²) in [5.74, 6) is 0.230. The predicted octanol–water partition coefficient (Wildman–Crippen LogP) is 2.62. The maximum absolute atomic E-state index is 11.4. The van der Waals surface area contributed by atoms with Crippen molar-refractivity contribution in [2.24, 2.45) is 0 Å². The highest BCUT2D eigenvalue weighted by Gasteiger charge is 2.16. The lowest BCUT2D eigenvalue weighted by Crippen LogP contribution is -2.33. The Hall–Kier alpha value is -2.38. The lowest BCUT2D eigenvalue weighted by molar-refractivity contribution is -0.384. The first kappa shape index (κ1) is 17.7. The number of ether oxygens (including phenoxy) is 1. The van der Waals surface area contributed by atoms with Crippen molar-refractivity contribution in [3.8, 4) is 0 Å². The normalized spacial score (nSPS) is 10.9. The van der Waals surface area contributed by atoms with Crippen molar-refractivity contribution < 1.29 is 14.5 Å². The van der Waals surface area contributed by atoms with Gasteiger partial charge in [0.25, 0.3) is 0 Å². The maximum Gasteiger partial charge on any atom is 0.407 e. The standard InChI is InChI=1S/C14H22N4O4/c1-10-8-11(18(20)21)12(17-9-10)15-6-5-7-16-13(19)22-14(2,3)4/h8-9H,5-7H2,1-4H3,(H,15,17)(H,16,19). The van der Waals surface area contributed by atoms with Crippen LogP contribution in [0, 0.1) is 17.0 Å². The van der Waals surface area contributed by atoms with Gasteiger partial charge >= 0.3 is 11.8 Å². The second-order valence-corrected chi connectivity index (χ2v) is 5.85. The van der Waals surface area contributed by atoms with Gasteiger partial charge in [-0.05, 0) is 39.7 Å². The molecule has 22 heavy (non-hydrogen) atoms. The number of nitrogens with zero attached hydrogens (tertiary/aromatic N) is 2. The first-order valence-corrected chi connectivity index (χ1v) is 7.01. The van der Waals surface area contributed by atoms with Crippen molar-refractivity contribution in [1.29, 1.82) is 0 Å². The van der Waals surface area contributed by atoms with Gasteiger partial charge in [0, 0.05) is 25.4 Å². The summed E-state index contributed by atoms with van der Waals surface area (Å²) in [4.78, 5) is 25.9. The molecular formula is C14H22N4O4. The molecule has 122 valence electrons. The fourth-order valence-corrected chi connectivity index (χ4v) is 1.63. The molecule has 1 aromatic rings. The number of rotatable bonds is 6. The number of nitro groups is 1. The summed E-state index contributed by atoms with van der Waals surface area (Å²) in [6.45, 7) is 7.96.